The minimum absolute atomic E-state index is 0.00287. The Bertz CT molecular complexity index is 779. The summed E-state index contributed by atoms with van der Waals surface area (Å²) in [5.74, 6) is 1.14. The van der Waals surface area contributed by atoms with Gasteiger partial charge in [0.25, 0.3) is 0 Å². The van der Waals surface area contributed by atoms with Gasteiger partial charge in [0.1, 0.15) is 17.2 Å². The maximum atomic E-state index is 14.0. The van der Waals surface area contributed by atoms with Crippen LogP contribution in [0.1, 0.15) is 64.9 Å². The van der Waals surface area contributed by atoms with Crippen LogP contribution in [0, 0.1) is 11.7 Å². The van der Waals surface area contributed by atoms with Crippen LogP contribution >= 0.6 is 0 Å². The minimum atomic E-state index is -0.512. The molecule has 2 fully saturated rings. The zero-order chi connectivity index (χ0) is 19.9. The molecule has 0 spiro atoms. The van der Waals surface area contributed by atoms with Gasteiger partial charge in [-0.1, -0.05) is 6.08 Å². The van der Waals surface area contributed by atoms with Gasteiger partial charge < -0.3 is 9.47 Å². The van der Waals surface area contributed by atoms with E-state index < -0.39 is 5.60 Å². The first-order valence-corrected chi connectivity index (χ1v) is 10.4. The van der Waals surface area contributed by atoms with Crippen LogP contribution in [-0.4, -0.2) is 35.3 Å². The van der Waals surface area contributed by atoms with E-state index in [9.17, 15) is 9.18 Å². The van der Waals surface area contributed by atoms with Gasteiger partial charge in [-0.3, -0.25) is 4.90 Å². The van der Waals surface area contributed by atoms with Crippen molar-refractivity contribution in [3.8, 4) is 5.75 Å². The van der Waals surface area contributed by atoms with Crippen LogP contribution in [0.3, 0.4) is 0 Å². The molecular formula is C23H30FNO3. The van der Waals surface area contributed by atoms with Crippen molar-refractivity contribution in [3.63, 3.8) is 0 Å². The maximum absolute atomic E-state index is 14.0. The molecule has 0 radical (unpaired) electrons. The third-order valence-corrected chi connectivity index (χ3v) is 5.70. The molecule has 1 aromatic carbocycles. The molecule has 2 aliphatic heterocycles. The lowest BCUT2D eigenvalue weighted by Gasteiger charge is -2.45. The number of fused-ring (bicyclic) bond motifs is 2. The summed E-state index contributed by atoms with van der Waals surface area (Å²) in [5, 5.41) is 0. The molecular weight excluding hydrogens is 357 g/mol. The van der Waals surface area contributed by atoms with Crippen molar-refractivity contribution in [2.24, 2.45) is 5.92 Å². The van der Waals surface area contributed by atoms with E-state index in [2.05, 4.69) is 6.08 Å². The third kappa shape index (κ3) is 4.34. The number of halogens is 1. The van der Waals surface area contributed by atoms with Crippen molar-refractivity contribution in [2.45, 2.75) is 77.0 Å². The quantitative estimate of drug-likeness (QED) is 0.679. The van der Waals surface area contributed by atoms with Crippen molar-refractivity contribution in [1.82, 2.24) is 4.90 Å². The molecule has 1 saturated carbocycles. The number of hydrogen-bond donors (Lipinski definition) is 0. The number of ether oxygens (including phenoxy) is 2. The smallest absolute Gasteiger partial charge is 0.411 e. The van der Waals surface area contributed by atoms with E-state index in [4.69, 9.17) is 9.47 Å². The van der Waals surface area contributed by atoms with Crippen molar-refractivity contribution < 1.29 is 18.7 Å². The Hall–Kier alpha value is -2.04. The average Bonchev–Trinajstić information content (AvgIpc) is 3.42. The van der Waals surface area contributed by atoms with Crippen molar-refractivity contribution in [3.05, 3.63) is 35.7 Å². The van der Waals surface area contributed by atoms with Crippen molar-refractivity contribution >= 4 is 11.7 Å². The van der Waals surface area contributed by atoms with E-state index in [0.717, 1.165) is 36.1 Å². The van der Waals surface area contributed by atoms with Gasteiger partial charge in [-0.2, -0.15) is 0 Å². The van der Waals surface area contributed by atoms with Crippen LogP contribution < -0.4 is 4.74 Å². The lowest BCUT2D eigenvalue weighted by molar-refractivity contribution is 0.0000766. The molecule has 0 N–H and O–H groups in total. The zero-order valence-electron chi connectivity index (χ0n) is 17.0. The minimum Gasteiger partial charge on any atom is -0.493 e. The molecule has 4 nitrogen and oxygen atoms in total. The normalized spacial score (nSPS) is 24.6. The Morgan fingerprint density at radius 1 is 1.21 bits per heavy atom. The highest BCUT2D eigenvalue weighted by Gasteiger charge is 2.39. The summed E-state index contributed by atoms with van der Waals surface area (Å²) in [7, 11) is 0. The fourth-order valence-electron chi connectivity index (χ4n) is 4.20. The van der Waals surface area contributed by atoms with E-state index in [-0.39, 0.29) is 24.0 Å². The number of benzene rings is 1. The molecule has 2 bridgehead atoms. The standard InChI is InChI=1S/C23H30FNO3/c1-23(2,3)28-22(26)25-18-5-4-6-19(25)12-16(11-18)20-13-17(24)9-10-21(20)27-14-15-7-8-15/h9-11,13,15,18-19H,4-8,12,14H2,1-3H3. The Kier molecular flexibility index (Phi) is 5.11. The lowest BCUT2D eigenvalue weighted by Crippen LogP contribution is -2.53. The second-order valence-electron chi connectivity index (χ2n) is 9.33. The first kappa shape index (κ1) is 19.3. The fraction of sp³-hybridized carbons (Fsp3) is 0.609. The van der Waals surface area contributed by atoms with Gasteiger partial charge in [-0.25, -0.2) is 9.18 Å². The maximum Gasteiger partial charge on any atom is 0.411 e. The van der Waals surface area contributed by atoms with Gasteiger partial charge in [0.15, 0.2) is 0 Å². The van der Waals surface area contributed by atoms with Gasteiger partial charge in [0.2, 0.25) is 0 Å². The molecule has 1 amide bonds. The zero-order valence-corrected chi connectivity index (χ0v) is 17.0. The summed E-state index contributed by atoms with van der Waals surface area (Å²) in [6, 6.07) is 4.87. The first-order valence-electron chi connectivity index (χ1n) is 10.4. The highest BCUT2D eigenvalue weighted by Crippen LogP contribution is 2.41. The molecule has 28 heavy (non-hydrogen) atoms. The van der Waals surface area contributed by atoms with Gasteiger partial charge in [0.05, 0.1) is 12.6 Å². The van der Waals surface area contributed by atoms with Gasteiger partial charge in [-0.15, -0.1) is 0 Å². The molecule has 152 valence electrons. The molecule has 3 aliphatic rings. The topological polar surface area (TPSA) is 38.8 Å². The predicted molar refractivity (Wildman–Crippen MR) is 107 cm³/mol. The first-order chi connectivity index (χ1) is 13.3. The molecule has 2 heterocycles. The molecule has 0 aromatic heterocycles. The molecule has 1 saturated heterocycles. The molecule has 1 aliphatic carbocycles. The van der Waals surface area contributed by atoms with Crippen LogP contribution in [0.15, 0.2) is 24.3 Å². The second-order valence-corrected chi connectivity index (χ2v) is 9.33. The number of carbonyl (C=O) groups excluding carboxylic acids is 1. The number of carbonyl (C=O) groups is 1. The van der Waals surface area contributed by atoms with Crippen molar-refractivity contribution in [1.29, 1.82) is 0 Å². The lowest BCUT2D eigenvalue weighted by atomic mass is 9.83. The number of piperidine rings is 1. The summed E-state index contributed by atoms with van der Waals surface area (Å²) < 4.78 is 25.7. The number of amides is 1. The van der Waals surface area contributed by atoms with Crippen LogP contribution in [0.2, 0.25) is 0 Å². The third-order valence-electron chi connectivity index (χ3n) is 5.70. The monoisotopic (exact) mass is 387 g/mol. The van der Waals surface area contributed by atoms with E-state index in [1.54, 1.807) is 12.1 Å². The number of rotatable bonds is 4. The molecule has 2 unspecified atom stereocenters. The highest BCUT2D eigenvalue weighted by atomic mass is 19.1. The number of nitrogens with zero attached hydrogens (tertiary/aromatic N) is 1. The summed E-state index contributed by atoms with van der Waals surface area (Å²) >= 11 is 0. The summed E-state index contributed by atoms with van der Waals surface area (Å²) in [6.07, 6.45) is 7.96. The van der Waals surface area contributed by atoms with Crippen LogP contribution in [-0.2, 0) is 4.74 Å². The van der Waals surface area contributed by atoms with E-state index in [1.807, 2.05) is 25.7 Å². The van der Waals surface area contributed by atoms with Gasteiger partial charge in [0, 0.05) is 11.6 Å². The molecule has 2 atom stereocenters. The van der Waals surface area contributed by atoms with Crippen LogP contribution in [0.5, 0.6) is 5.75 Å². The fourth-order valence-corrected chi connectivity index (χ4v) is 4.20. The second kappa shape index (κ2) is 7.41. The van der Waals surface area contributed by atoms with E-state index in [0.29, 0.717) is 18.9 Å². The highest BCUT2D eigenvalue weighted by molar-refractivity contribution is 5.76. The molecule has 5 heteroatoms. The van der Waals surface area contributed by atoms with E-state index >= 15 is 0 Å². The van der Waals surface area contributed by atoms with Crippen LogP contribution in [0.4, 0.5) is 9.18 Å². The largest absolute Gasteiger partial charge is 0.493 e. The van der Waals surface area contributed by atoms with Gasteiger partial charge in [-0.05, 0) is 89.0 Å². The Balaban J connectivity index is 1.60. The average molecular weight is 387 g/mol. The van der Waals surface area contributed by atoms with Crippen LogP contribution in [0.25, 0.3) is 5.57 Å². The predicted octanol–water partition coefficient (Wildman–Crippen LogP) is 5.56. The Morgan fingerprint density at radius 3 is 2.68 bits per heavy atom. The molecule has 4 rings (SSSR count). The summed E-state index contributed by atoms with van der Waals surface area (Å²) in [4.78, 5) is 14.7. The Morgan fingerprint density at radius 2 is 2.00 bits per heavy atom. The molecule has 1 aromatic rings. The summed E-state index contributed by atoms with van der Waals surface area (Å²) in [5.41, 5.74) is 1.41. The Labute approximate surface area is 166 Å². The van der Waals surface area contributed by atoms with E-state index in [1.165, 1.54) is 18.9 Å². The SMILES string of the molecule is CC(C)(C)OC(=O)N1C2C=C(c3cc(F)ccc3OCC3CC3)CC1CCC2. The number of hydrogen-bond acceptors (Lipinski definition) is 3. The van der Waals surface area contributed by atoms with Gasteiger partial charge >= 0.3 is 6.09 Å². The summed E-state index contributed by atoms with van der Waals surface area (Å²) in [6.45, 7) is 6.37. The van der Waals surface area contributed by atoms with Crippen molar-refractivity contribution in [2.75, 3.05) is 6.61 Å².